The molecule has 2 unspecified atom stereocenters. The molecule has 20 heavy (non-hydrogen) atoms. The smallest absolute Gasteiger partial charge is 0.238 e. The molecule has 112 valence electrons. The molecule has 1 aliphatic carbocycles. The molecule has 0 radical (unpaired) electrons. The summed E-state index contributed by atoms with van der Waals surface area (Å²) in [6.07, 6.45) is 3.69. The fraction of sp³-hybridized carbons (Fsp3) is 0.600. The van der Waals surface area contributed by atoms with Crippen LogP contribution >= 0.6 is 0 Å². The summed E-state index contributed by atoms with van der Waals surface area (Å²) >= 11 is 0. The average Bonchev–Trinajstić information content (AvgIpc) is 2.35. The third-order valence-electron chi connectivity index (χ3n) is 4.00. The minimum atomic E-state index is -3.61. The maximum atomic E-state index is 11.3. The average molecular weight is 296 g/mol. The monoisotopic (exact) mass is 296 g/mol. The molecule has 5 heteroatoms. The Morgan fingerprint density at radius 1 is 1.20 bits per heavy atom. The number of hydrogen-bond donors (Lipinski definition) is 2. The summed E-state index contributed by atoms with van der Waals surface area (Å²) in [6, 6.07) is 7.37. The Bertz CT molecular complexity index is 547. The van der Waals surface area contributed by atoms with Gasteiger partial charge in [0, 0.05) is 12.6 Å². The van der Waals surface area contributed by atoms with E-state index in [0.717, 1.165) is 17.4 Å². The molecule has 0 bridgehead atoms. The first-order valence-electron chi connectivity index (χ1n) is 7.19. The second-order valence-corrected chi connectivity index (χ2v) is 7.75. The summed E-state index contributed by atoms with van der Waals surface area (Å²) in [6.45, 7) is 5.28. The summed E-state index contributed by atoms with van der Waals surface area (Å²) in [5.41, 5.74) is 0.961. The number of hydrogen-bond acceptors (Lipinski definition) is 3. The van der Waals surface area contributed by atoms with Crippen LogP contribution in [0, 0.1) is 11.8 Å². The number of nitrogens with one attached hydrogen (secondary N) is 1. The van der Waals surface area contributed by atoms with Crippen molar-refractivity contribution in [3.05, 3.63) is 29.8 Å². The molecule has 1 fully saturated rings. The van der Waals surface area contributed by atoms with Crippen molar-refractivity contribution in [3.63, 3.8) is 0 Å². The van der Waals surface area contributed by atoms with Crippen LogP contribution in [0.4, 0.5) is 0 Å². The first kappa shape index (κ1) is 15.5. The molecule has 0 heterocycles. The molecule has 0 aromatic heterocycles. The Kier molecular flexibility index (Phi) is 4.83. The van der Waals surface area contributed by atoms with Gasteiger partial charge in [0.15, 0.2) is 0 Å². The lowest BCUT2D eigenvalue weighted by Crippen LogP contribution is -2.35. The van der Waals surface area contributed by atoms with E-state index >= 15 is 0 Å². The summed E-state index contributed by atoms with van der Waals surface area (Å²) in [7, 11) is -3.61. The lowest BCUT2D eigenvalue weighted by atomic mass is 9.80. The Balaban J connectivity index is 1.97. The number of benzene rings is 1. The third-order valence-corrected chi connectivity index (χ3v) is 4.91. The number of nitrogens with two attached hydrogens (primary N) is 1. The van der Waals surface area contributed by atoms with E-state index in [4.69, 9.17) is 5.14 Å². The molecule has 4 nitrogen and oxygen atoms in total. The first-order chi connectivity index (χ1) is 9.34. The fourth-order valence-corrected chi connectivity index (χ4v) is 3.79. The molecular formula is C15H24N2O2S. The predicted octanol–water partition coefficient (Wildman–Crippen LogP) is 2.25. The lowest BCUT2D eigenvalue weighted by molar-refractivity contribution is 0.238. The minimum absolute atomic E-state index is 0.183. The number of primary sulfonamides is 1. The summed E-state index contributed by atoms with van der Waals surface area (Å²) in [5, 5.41) is 8.69. The second kappa shape index (κ2) is 6.24. The lowest BCUT2D eigenvalue weighted by Gasteiger charge is -2.32. The van der Waals surface area contributed by atoms with Crippen LogP contribution in [0.1, 0.15) is 38.7 Å². The molecule has 1 aromatic rings. The van der Waals surface area contributed by atoms with Gasteiger partial charge in [0.1, 0.15) is 0 Å². The molecular weight excluding hydrogens is 272 g/mol. The van der Waals surface area contributed by atoms with Gasteiger partial charge in [-0.15, -0.1) is 0 Å². The highest BCUT2D eigenvalue weighted by Gasteiger charge is 2.23. The Morgan fingerprint density at radius 2 is 1.85 bits per heavy atom. The Morgan fingerprint density at radius 3 is 2.45 bits per heavy atom. The maximum Gasteiger partial charge on any atom is 0.238 e. The zero-order valence-corrected chi connectivity index (χ0v) is 13.0. The fourth-order valence-electron chi connectivity index (χ4n) is 3.21. The standard InChI is InChI=1S/C15H24N2O2S/c1-11-6-12(2)8-14(7-11)17-10-13-4-3-5-15(9-13)20(16,18)19/h3-5,9,11-12,14,17H,6-8,10H2,1-2H3,(H2,16,18,19). The molecule has 3 N–H and O–H groups in total. The highest BCUT2D eigenvalue weighted by atomic mass is 32.2. The second-order valence-electron chi connectivity index (χ2n) is 6.19. The van der Waals surface area contributed by atoms with Crippen molar-refractivity contribution >= 4 is 10.0 Å². The molecule has 0 saturated heterocycles. The van der Waals surface area contributed by atoms with Gasteiger partial charge >= 0.3 is 0 Å². The molecule has 0 amide bonds. The Hall–Kier alpha value is -0.910. The van der Waals surface area contributed by atoms with Crippen LogP contribution in [0.15, 0.2) is 29.2 Å². The van der Waals surface area contributed by atoms with Crippen molar-refractivity contribution in [1.82, 2.24) is 5.32 Å². The van der Waals surface area contributed by atoms with E-state index in [1.165, 1.54) is 25.3 Å². The van der Waals surface area contributed by atoms with Gasteiger partial charge in [-0.3, -0.25) is 0 Å². The highest BCUT2D eigenvalue weighted by Crippen LogP contribution is 2.28. The van der Waals surface area contributed by atoms with E-state index in [0.29, 0.717) is 12.6 Å². The molecule has 2 atom stereocenters. The van der Waals surface area contributed by atoms with Gasteiger partial charge in [-0.05, 0) is 48.8 Å². The van der Waals surface area contributed by atoms with Crippen molar-refractivity contribution < 1.29 is 8.42 Å². The van der Waals surface area contributed by atoms with Crippen LogP contribution in [0.3, 0.4) is 0 Å². The first-order valence-corrected chi connectivity index (χ1v) is 8.74. The van der Waals surface area contributed by atoms with E-state index in [1.807, 2.05) is 6.07 Å². The van der Waals surface area contributed by atoms with Gasteiger partial charge in [-0.25, -0.2) is 13.6 Å². The van der Waals surface area contributed by atoms with Crippen molar-refractivity contribution in [1.29, 1.82) is 0 Å². The molecule has 0 aliphatic heterocycles. The molecule has 1 aliphatic rings. The summed E-state index contributed by atoms with van der Waals surface area (Å²) < 4.78 is 22.7. The van der Waals surface area contributed by atoms with E-state index in [-0.39, 0.29) is 4.90 Å². The molecule has 1 aromatic carbocycles. The zero-order valence-electron chi connectivity index (χ0n) is 12.2. The van der Waals surface area contributed by atoms with Crippen molar-refractivity contribution in [2.75, 3.05) is 0 Å². The van der Waals surface area contributed by atoms with Gasteiger partial charge in [-0.2, -0.15) is 0 Å². The van der Waals surface area contributed by atoms with Crippen LogP contribution in [0.2, 0.25) is 0 Å². The quantitative estimate of drug-likeness (QED) is 0.895. The van der Waals surface area contributed by atoms with Crippen molar-refractivity contribution in [3.8, 4) is 0 Å². The molecule has 2 rings (SSSR count). The summed E-state index contributed by atoms with van der Waals surface area (Å²) in [5.74, 6) is 1.51. The molecule has 1 saturated carbocycles. The minimum Gasteiger partial charge on any atom is -0.310 e. The highest BCUT2D eigenvalue weighted by molar-refractivity contribution is 7.89. The largest absolute Gasteiger partial charge is 0.310 e. The van der Waals surface area contributed by atoms with Gasteiger partial charge < -0.3 is 5.32 Å². The van der Waals surface area contributed by atoms with Gasteiger partial charge in [-0.1, -0.05) is 26.0 Å². The van der Waals surface area contributed by atoms with E-state index in [1.54, 1.807) is 12.1 Å². The van der Waals surface area contributed by atoms with Gasteiger partial charge in [0.2, 0.25) is 10.0 Å². The van der Waals surface area contributed by atoms with Crippen molar-refractivity contribution in [2.45, 2.75) is 50.6 Å². The van der Waals surface area contributed by atoms with Crippen LogP contribution in [0.25, 0.3) is 0 Å². The summed E-state index contributed by atoms with van der Waals surface area (Å²) in [4.78, 5) is 0.183. The maximum absolute atomic E-state index is 11.3. The SMILES string of the molecule is CC1CC(C)CC(NCc2cccc(S(N)(=O)=O)c2)C1. The number of rotatable bonds is 4. The van der Waals surface area contributed by atoms with Crippen molar-refractivity contribution in [2.24, 2.45) is 17.0 Å². The van der Waals surface area contributed by atoms with Gasteiger partial charge in [0.25, 0.3) is 0 Å². The van der Waals surface area contributed by atoms with Gasteiger partial charge in [0.05, 0.1) is 4.90 Å². The zero-order chi connectivity index (χ0) is 14.8. The third kappa shape index (κ3) is 4.30. The van der Waals surface area contributed by atoms with E-state index < -0.39 is 10.0 Å². The van der Waals surface area contributed by atoms with E-state index in [2.05, 4.69) is 19.2 Å². The van der Waals surface area contributed by atoms with Crippen LogP contribution in [0.5, 0.6) is 0 Å². The topological polar surface area (TPSA) is 72.2 Å². The van der Waals surface area contributed by atoms with Crippen LogP contribution in [-0.2, 0) is 16.6 Å². The van der Waals surface area contributed by atoms with Crippen LogP contribution in [-0.4, -0.2) is 14.5 Å². The van der Waals surface area contributed by atoms with E-state index in [9.17, 15) is 8.42 Å². The number of sulfonamides is 1. The van der Waals surface area contributed by atoms with Crippen LogP contribution < -0.4 is 10.5 Å². The normalized spacial score (nSPS) is 27.4. The predicted molar refractivity (Wildman–Crippen MR) is 80.6 cm³/mol. The Labute approximate surface area is 121 Å². The molecule has 0 spiro atoms.